The van der Waals surface area contributed by atoms with Gasteiger partial charge in [0.05, 0.1) is 18.7 Å². The van der Waals surface area contributed by atoms with E-state index in [4.69, 9.17) is 16.4 Å². The third-order valence-electron chi connectivity index (χ3n) is 4.97. The van der Waals surface area contributed by atoms with E-state index in [1.54, 1.807) is 23.9 Å². The van der Waals surface area contributed by atoms with Crippen LogP contribution >= 0.6 is 23.4 Å². The average Bonchev–Trinajstić information content (AvgIpc) is 2.85. The molecule has 0 saturated carbocycles. The van der Waals surface area contributed by atoms with Crippen LogP contribution in [0.1, 0.15) is 31.2 Å². The fourth-order valence-corrected chi connectivity index (χ4v) is 4.19. The summed E-state index contributed by atoms with van der Waals surface area (Å²) in [5.74, 6) is 0.593. The Morgan fingerprint density at radius 3 is 2.68 bits per heavy atom. The molecule has 0 saturated heterocycles. The molecule has 7 nitrogen and oxygen atoms in total. The van der Waals surface area contributed by atoms with Crippen LogP contribution in [0.25, 0.3) is 0 Å². The van der Waals surface area contributed by atoms with Gasteiger partial charge in [0.25, 0.3) is 0 Å². The fourth-order valence-electron chi connectivity index (χ4n) is 2.91. The van der Waals surface area contributed by atoms with Crippen molar-refractivity contribution in [2.45, 2.75) is 37.1 Å². The van der Waals surface area contributed by atoms with Crippen molar-refractivity contribution in [3.63, 3.8) is 0 Å². The minimum atomic E-state index is -0.820. The number of hydrogen-bond donors (Lipinski definition) is 5. The van der Waals surface area contributed by atoms with Gasteiger partial charge in [-0.25, -0.2) is 0 Å². The maximum atomic E-state index is 12.0. The number of benzene rings is 2. The van der Waals surface area contributed by atoms with Crippen LogP contribution in [0.2, 0.25) is 5.02 Å². The third-order valence-corrected chi connectivity index (χ3v) is 6.65. The zero-order chi connectivity index (χ0) is 24.8. The summed E-state index contributed by atoms with van der Waals surface area (Å²) >= 11 is 7.49. The normalized spacial score (nSPS) is 13.8. The minimum absolute atomic E-state index is 0.0943. The molecule has 0 aliphatic carbocycles. The Kier molecular flexibility index (Phi) is 12.6. The lowest BCUT2D eigenvalue weighted by molar-refractivity contribution is -0.120. The van der Waals surface area contributed by atoms with E-state index in [2.05, 4.69) is 28.0 Å². The van der Waals surface area contributed by atoms with Gasteiger partial charge in [0.2, 0.25) is 5.91 Å². The molecule has 0 fully saturated rings. The molecular weight excluding hydrogens is 472 g/mol. The van der Waals surface area contributed by atoms with E-state index >= 15 is 0 Å². The molecule has 2 rings (SSSR count). The lowest BCUT2D eigenvalue weighted by Crippen LogP contribution is -2.42. The number of halogens is 1. The zero-order valence-corrected chi connectivity index (χ0v) is 21.3. The molecule has 0 aliphatic heterocycles. The monoisotopic (exact) mass is 506 g/mol. The number of hydrogen-bond acceptors (Lipinski definition) is 7. The second-order valence-corrected chi connectivity index (χ2v) is 9.37. The van der Waals surface area contributed by atoms with Gasteiger partial charge in [-0.05, 0) is 37.6 Å². The van der Waals surface area contributed by atoms with Gasteiger partial charge in [-0.15, -0.1) is 18.3 Å². The Bertz CT molecular complexity index is 900. The molecule has 0 heterocycles. The first-order valence-corrected chi connectivity index (χ1v) is 12.6. The molecule has 1 amide bonds. The number of amides is 1. The van der Waals surface area contributed by atoms with Crippen molar-refractivity contribution >= 4 is 29.3 Å². The SMILES string of the molecule is C=CC(C)(CSc1ccccc1C(O)NCCNCC(=O)NCc1ccc(Cl)cc1)NOCC. The molecule has 0 bridgehead atoms. The van der Waals surface area contributed by atoms with Crippen molar-refractivity contribution in [3.05, 3.63) is 77.3 Å². The highest BCUT2D eigenvalue weighted by Crippen LogP contribution is 2.29. The summed E-state index contributed by atoms with van der Waals surface area (Å²) in [6.45, 7) is 10.1. The molecule has 0 aliphatic rings. The molecule has 2 unspecified atom stereocenters. The van der Waals surface area contributed by atoms with Crippen molar-refractivity contribution in [3.8, 4) is 0 Å². The topological polar surface area (TPSA) is 94.7 Å². The van der Waals surface area contributed by atoms with Gasteiger partial charge in [0, 0.05) is 40.9 Å². The van der Waals surface area contributed by atoms with Crippen LogP contribution in [-0.2, 0) is 16.2 Å². The first kappa shape index (κ1) is 28.3. The quantitative estimate of drug-likeness (QED) is 0.0783. The van der Waals surface area contributed by atoms with Gasteiger partial charge in [-0.3, -0.25) is 10.1 Å². The largest absolute Gasteiger partial charge is 0.374 e. The summed E-state index contributed by atoms with van der Waals surface area (Å²) in [6.07, 6.45) is 1.00. The van der Waals surface area contributed by atoms with E-state index in [1.165, 1.54) is 0 Å². The van der Waals surface area contributed by atoms with Crippen LogP contribution in [0.3, 0.4) is 0 Å². The molecule has 2 aromatic carbocycles. The number of hydroxylamine groups is 1. The number of rotatable bonds is 16. The summed E-state index contributed by atoms with van der Waals surface area (Å²) in [4.78, 5) is 18.3. The van der Waals surface area contributed by atoms with Gasteiger partial charge >= 0.3 is 0 Å². The first-order chi connectivity index (χ1) is 16.4. The highest BCUT2D eigenvalue weighted by Gasteiger charge is 2.22. The Labute approximate surface area is 211 Å². The molecule has 2 atom stereocenters. The Morgan fingerprint density at radius 1 is 1.24 bits per heavy atom. The van der Waals surface area contributed by atoms with Crippen LogP contribution < -0.4 is 21.4 Å². The summed E-state index contributed by atoms with van der Waals surface area (Å²) < 4.78 is 0. The first-order valence-electron chi connectivity index (χ1n) is 11.2. The fraction of sp³-hybridized carbons (Fsp3) is 0.400. The maximum absolute atomic E-state index is 12.0. The lowest BCUT2D eigenvalue weighted by atomic mass is 10.1. The third kappa shape index (κ3) is 10.1. The van der Waals surface area contributed by atoms with Crippen LogP contribution in [0, 0.1) is 0 Å². The predicted molar refractivity (Wildman–Crippen MR) is 140 cm³/mol. The molecule has 9 heteroatoms. The number of thioether (sulfide) groups is 1. The maximum Gasteiger partial charge on any atom is 0.234 e. The average molecular weight is 507 g/mol. The molecule has 34 heavy (non-hydrogen) atoms. The zero-order valence-electron chi connectivity index (χ0n) is 19.8. The lowest BCUT2D eigenvalue weighted by Gasteiger charge is -2.26. The van der Waals surface area contributed by atoms with E-state index in [-0.39, 0.29) is 12.5 Å². The highest BCUT2D eigenvalue weighted by molar-refractivity contribution is 7.99. The number of nitrogens with one attached hydrogen (secondary N) is 4. The predicted octanol–water partition coefficient (Wildman–Crippen LogP) is 3.40. The molecule has 0 radical (unpaired) electrons. The standard InChI is InChI=1S/C25H35ClN4O3S/c1-4-25(3,30-33-5-2)18-34-22-9-7-6-8-21(22)24(32)28-15-14-27-17-23(31)29-16-19-10-12-20(26)13-11-19/h4,6-13,24,27-28,30,32H,1,5,14-18H2,2-3H3,(H,29,31). The highest BCUT2D eigenvalue weighted by atomic mass is 35.5. The molecule has 2 aromatic rings. The van der Waals surface area contributed by atoms with Gasteiger partial charge in [0.1, 0.15) is 6.23 Å². The number of carbonyl (C=O) groups is 1. The summed E-state index contributed by atoms with van der Waals surface area (Å²) in [6, 6.07) is 15.1. The summed E-state index contributed by atoms with van der Waals surface area (Å²) in [5, 5.41) is 20.4. The summed E-state index contributed by atoms with van der Waals surface area (Å²) in [7, 11) is 0. The van der Waals surface area contributed by atoms with E-state index in [0.717, 1.165) is 16.0 Å². The van der Waals surface area contributed by atoms with E-state index < -0.39 is 11.8 Å². The number of aliphatic hydroxyl groups is 1. The van der Waals surface area contributed by atoms with Crippen molar-refractivity contribution in [2.24, 2.45) is 0 Å². The molecule has 0 aromatic heterocycles. The van der Waals surface area contributed by atoms with Gasteiger partial charge in [0.15, 0.2) is 0 Å². The minimum Gasteiger partial charge on any atom is -0.374 e. The number of aliphatic hydroxyl groups excluding tert-OH is 1. The number of carbonyl (C=O) groups excluding carboxylic acids is 1. The van der Waals surface area contributed by atoms with E-state index in [0.29, 0.717) is 37.0 Å². The van der Waals surface area contributed by atoms with Crippen LogP contribution in [-0.4, -0.2) is 48.5 Å². The molecule has 5 N–H and O–H groups in total. The Balaban J connectivity index is 1.72. The molecule has 186 valence electrons. The van der Waals surface area contributed by atoms with Crippen LogP contribution in [0.15, 0.2) is 66.1 Å². The van der Waals surface area contributed by atoms with E-state index in [9.17, 15) is 9.90 Å². The van der Waals surface area contributed by atoms with Crippen LogP contribution in [0.5, 0.6) is 0 Å². The molecule has 0 spiro atoms. The van der Waals surface area contributed by atoms with Crippen LogP contribution in [0.4, 0.5) is 0 Å². The summed E-state index contributed by atoms with van der Waals surface area (Å²) in [5.41, 5.74) is 4.42. The smallest absolute Gasteiger partial charge is 0.234 e. The second kappa shape index (κ2) is 15.2. The van der Waals surface area contributed by atoms with Crippen molar-refractivity contribution in [2.75, 3.05) is 32.0 Å². The van der Waals surface area contributed by atoms with E-state index in [1.807, 2.05) is 56.3 Å². The van der Waals surface area contributed by atoms with Crippen molar-refractivity contribution in [1.82, 2.24) is 21.4 Å². The van der Waals surface area contributed by atoms with Gasteiger partial charge in [-0.2, -0.15) is 5.48 Å². The molecular formula is C25H35ClN4O3S. The Hall–Kier alpha value is -1.91. The Morgan fingerprint density at radius 2 is 1.97 bits per heavy atom. The van der Waals surface area contributed by atoms with Crippen molar-refractivity contribution < 1.29 is 14.7 Å². The second-order valence-electron chi connectivity index (χ2n) is 7.92. The van der Waals surface area contributed by atoms with Gasteiger partial charge < -0.3 is 20.6 Å². The van der Waals surface area contributed by atoms with Crippen molar-refractivity contribution in [1.29, 1.82) is 0 Å². The van der Waals surface area contributed by atoms with Gasteiger partial charge in [-0.1, -0.05) is 48.0 Å².